The lowest BCUT2D eigenvalue weighted by Crippen LogP contribution is -2.13. The number of aromatic amines is 1. The molecule has 4 nitrogen and oxygen atoms in total. The summed E-state index contributed by atoms with van der Waals surface area (Å²) in [6, 6.07) is 52.5. The van der Waals surface area contributed by atoms with Crippen LogP contribution >= 0.6 is 0 Å². The summed E-state index contributed by atoms with van der Waals surface area (Å²) in [5.74, 6) is 0.907. The molecule has 10 aromatic rings. The molecule has 0 aliphatic carbocycles. The van der Waals surface area contributed by atoms with Crippen LogP contribution in [-0.4, -0.2) is 19.5 Å². The van der Waals surface area contributed by atoms with Crippen molar-refractivity contribution in [1.29, 1.82) is 0 Å². The van der Waals surface area contributed by atoms with Crippen LogP contribution in [0.3, 0.4) is 0 Å². The Kier molecular flexibility index (Phi) is 11.0. The van der Waals surface area contributed by atoms with Crippen LogP contribution in [0.5, 0.6) is 0 Å². The van der Waals surface area contributed by atoms with Gasteiger partial charge in [-0.05, 0) is 150 Å². The first-order valence-corrected chi connectivity index (χ1v) is 25.2. The molecule has 354 valence electrons. The molecular weight excluding hydrogens is 849 g/mol. The van der Waals surface area contributed by atoms with Crippen molar-refractivity contribution in [2.75, 3.05) is 0 Å². The van der Waals surface area contributed by atoms with E-state index in [1.807, 2.05) is 12.3 Å². The molecule has 0 bridgehead atoms. The first-order chi connectivity index (χ1) is 32.8. The van der Waals surface area contributed by atoms with Gasteiger partial charge >= 0.3 is 0 Å². The van der Waals surface area contributed by atoms with Gasteiger partial charge in [-0.1, -0.05) is 165 Å². The van der Waals surface area contributed by atoms with Gasteiger partial charge in [0.05, 0.1) is 22.1 Å². The Hall–Kier alpha value is -6.78. The van der Waals surface area contributed by atoms with Crippen LogP contribution in [0.4, 0.5) is 0 Å². The smallest absolute Gasteiger partial charge is 0.145 e. The molecule has 0 aliphatic heterocycles. The van der Waals surface area contributed by atoms with Crippen LogP contribution in [0.2, 0.25) is 0 Å². The third-order valence-corrected chi connectivity index (χ3v) is 14.5. The molecule has 0 radical (unpaired) electrons. The van der Waals surface area contributed by atoms with Gasteiger partial charge in [0.2, 0.25) is 0 Å². The van der Waals surface area contributed by atoms with Crippen molar-refractivity contribution in [3.63, 3.8) is 0 Å². The van der Waals surface area contributed by atoms with Crippen LogP contribution < -0.4 is 0 Å². The van der Waals surface area contributed by atoms with Gasteiger partial charge in [-0.2, -0.15) is 0 Å². The van der Waals surface area contributed by atoms with E-state index in [9.17, 15) is 0 Å². The minimum Gasteiger partial charge on any atom is -0.354 e. The fraction of sp³-hybridized carbons (Fsp3) is 0.303. The maximum absolute atomic E-state index is 5.95. The van der Waals surface area contributed by atoms with Crippen LogP contribution in [0.25, 0.3) is 94.2 Å². The van der Waals surface area contributed by atoms with Gasteiger partial charge < -0.3 is 4.98 Å². The number of nitrogens with zero attached hydrogens (tertiary/aromatic N) is 3. The van der Waals surface area contributed by atoms with Crippen LogP contribution in [-0.2, 0) is 27.1 Å². The number of fused-ring (bicyclic) bond motifs is 5. The van der Waals surface area contributed by atoms with Gasteiger partial charge in [0.25, 0.3) is 0 Å². The molecule has 0 spiro atoms. The topological polar surface area (TPSA) is 46.5 Å². The van der Waals surface area contributed by atoms with Crippen molar-refractivity contribution in [1.82, 2.24) is 19.5 Å². The molecule has 0 saturated carbocycles. The first-order valence-electron chi connectivity index (χ1n) is 25.2. The highest BCUT2D eigenvalue weighted by Gasteiger charge is 2.28. The SMILES string of the molecule is CC(C)(C)c1ccc(-n2c(-c3cc(-c4cc(-c5ccccc5)cc5cccnc45)cc(C(C)(C)C)c3)nc3c(-c4cc(C(C)(C)C)cc5c4[nH]c4ccc(C(C)(C)C)cc45)cc(C(C)(C)C)cc32)cc1. The Balaban J connectivity index is 1.33. The second kappa shape index (κ2) is 16.4. The van der Waals surface area contributed by atoms with Gasteiger partial charge in [-0.3, -0.25) is 9.55 Å². The normalized spacial score (nSPS) is 13.1. The number of hydrogen-bond acceptors (Lipinski definition) is 2. The summed E-state index contributed by atoms with van der Waals surface area (Å²) in [6.07, 6.45) is 1.92. The zero-order chi connectivity index (χ0) is 49.9. The molecule has 70 heavy (non-hydrogen) atoms. The molecule has 4 heteroatoms. The first kappa shape index (κ1) is 46.9. The second-order valence-electron chi connectivity index (χ2n) is 25.1. The predicted molar refractivity (Wildman–Crippen MR) is 301 cm³/mol. The van der Waals surface area contributed by atoms with Crippen LogP contribution in [0.1, 0.15) is 132 Å². The van der Waals surface area contributed by atoms with E-state index >= 15 is 0 Å². The molecule has 0 atom stereocenters. The molecule has 1 N–H and O–H groups in total. The summed E-state index contributed by atoms with van der Waals surface area (Å²) >= 11 is 0. The highest BCUT2D eigenvalue weighted by Crippen LogP contribution is 2.46. The third-order valence-electron chi connectivity index (χ3n) is 14.5. The molecular formula is C66H70N4. The molecule has 10 rings (SSSR count). The van der Waals surface area contributed by atoms with Gasteiger partial charge in [-0.15, -0.1) is 0 Å². The van der Waals surface area contributed by atoms with Gasteiger partial charge in [0.15, 0.2) is 0 Å². The standard InChI is InChI=1S/C66H70N4/c1-62(2,3)45-23-26-50(27-24-45)70-57-39-49(66(13,14)15)38-55(54-37-48(65(10,11)12)36-53-52-35-46(63(4,5)6)25-28-56(52)68-59(53)54)60(57)69-61(70)44-31-43(32-47(33-44)64(7,8)9)51-34-42(40-20-17-16-18-21-40)30-41-22-19-29-67-58(41)51/h16-39,68H,1-15H3. The average molecular weight is 919 g/mol. The van der Waals surface area contributed by atoms with Crippen LogP contribution in [0.15, 0.2) is 146 Å². The molecule has 0 aliphatic rings. The lowest BCUT2D eigenvalue weighted by molar-refractivity contribution is 0.589. The number of imidazole rings is 1. The quantitative estimate of drug-likeness (QED) is 0.187. The zero-order valence-electron chi connectivity index (χ0n) is 44.2. The van der Waals surface area contributed by atoms with E-state index < -0.39 is 0 Å². The highest BCUT2D eigenvalue weighted by molar-refractivity contribution is 6.14. The summed E-state index contributed by atoms with van der Waals surface area (Å²) < 4.78 is 2.44. The molecule has 7 aromatic carbocycles. The van der Waals surface area contributed by atoms with Gasteiger partial charge in [-0.25, -0.2) is 4.98 Å². The van der Waals surface area contributed by atoms with Crippen molar-refractivity contribution in [3.8, 4) is 50.5 Å². The fourth-order valence-electron chi connectivity index (χ4n) is 10.0. The average Bonchev–Trinajstić information content (AvgIpc) is 3.88. The predicted octanol–water partition coefficient (Wildman–Crippen LogP) is 18.4. The second-order valence-corrected chi connectivity index (χ2v) is 25.1. The van der Waals surface area contributed by atoms with Crippen molar-refractivity contribution in [2.24, 2.45) is 0 Å². The Morgan fingerprint density at radius 1 is 0.400 bits per heavy atom. The fourth-order valence-corrected chi connectivity index (χ4v) is 10.0. The van der Waals surface area contributed by atoms with E-state index in [1.54, 1.807) is 0 Å². The highest BCUT2D eigenvalue weighted by atomic mass is 15.1. The number of nitrogens with one attached hydrogen (secondary N) is 1. The number of rotatable bonds is 5. The monoisotopic (exact) mass is 919 g/mol. The van der Waals surface area contributed by atoms with Gasteiger partial charge in [0.1, 0.15) is 5.82 Å². The van der Waals surface area contributed by atoms with Crippen LogP contribution in [0, 0.1) is 0 Å². The molecule has 0 fully saturated rings. The Bertz CT molecular complexity index is 3640. The number of hydrogen-bond donors (Lipinski definition) is 1. The molecule has 3 heterocycles. The largest absolute Gasteiger partial charge is 0.354 e. The minimum absolute atomic E-state index is 0.00263. The third kappa shape index (κ3) is 8.54. The maximum Gasteiger partial charge on any atom is 0.145 e. The van der Waals surface area contributed by atoms with Gasteiger partial charge in [0, 0.05) is 55.8 Å². The van der Waals surface area contributed by atoms with E-state index in [0.717, 1.165) is 66.7 Å². The summed E-state index contributed by atoms with van der Waals surface area (Å²) in [7, 11) is 0. The van der Waals surface area contributed by atoms with Crippen molar-refractivity contribution < 1.29 is 0 Å². The Labute approximate surface area is 416 Å². The Morgan fingerprint density at radius 3 is 1.64 bits per heavy atom. The van der Waals surface area contributed by atoms with E-state index in [4.69, 9.17) is 9.97 Å². The molecule has 3 aromatic heterocycles. The minimum atomic E-state index is -0.164. The zero-order valence-corrected chi connectivity index (χ0v) is 44.2. The maximum atomic E-state index is 5.95. The molecule has 0 saturated heterocycles. The molecule has 0 unspecified atom stereocenters. The van der Waals surface area contributed by atoms with Crippen molar-refractivity contribution >= 4 is 43.7 Å². The number of aromatic nitrogens is 4. The van der Waals surface area contributed by atoms with E-state index in [0.29, 0.717) is 0 Å². The van der Waals surface area contributed by atoms with E-state index in [-0.39, 0.29) is 27.1 Å². The lowest BCUT2D eigenvalue weighted by atomic mass is 9.81. The summed E-state index contributed by atoms with van der Waals surface area (Å²) in [5, 5.41) is 3.62. The number of pyridine rings is 1. The van der Waals surface area contributed by atoms with Crippen molar-refractivity contribution in [2.45, 2.75) is 131 Å². The Morgan fingerprint density at radius 2 is 0.986 bits per heavy atom. The summed E-state index contributed by atoms with van der Waals surface area (Å²) in [6.45, 7) is 34.7. The van der Waals surface area contributed by atoms with E-state index in [1.165, 1.54) is 55.3 Å². The lowest BCUT2D eigenvalue weighted by Gasteiger charge is -2.24. The summed E-state index contributed by atoms with van der Waals surface area (Å²) in [5.41, 5.74) is 20.4. The van der Waals surface area contributed by atoms with E-state index in [2.05, 4.69) is 247 Å². The van der Waals surface area contributed by atoms with Crippen molar-refractivity contribution in [3.05, 3.63) is 174 Å². The number of benzene rings is 7. The molecule has 0 amide bonds. The number of H-pyrrole nitrogens is 1. The summed E-state index contributed by atoms with van der Waals surface area (Å²) in [4.78, 5) is 15.0.